The summed E-state index contributed by atoms with van der Waals surface area (Å²) in [7, 11) is 0. The molecule has 0 fully saturated rings. The van der Waals surface area contributed by atoms with E-state index >= 15 is 0 Å². The van der Waals surface area contributed by atoms with E-state index in [9.17, 15) is 9.59 Å². The van der Waals surface area contributed by atoms with E-state index in [0.29, 0.717) is 5.56 Å². The molecule has 1 amide bonds. The summed E-state index contributed by atoms with van der Waals surface area (Å²) >= 11 is 0. The number of aryl methyl sites for hydroxylation is 2. The number of ether oxygens (including phenoxy) is 1. The molecule has 124 valence electrons. The monoisotopic (exact) mass is 323 g/mol. The molecule has 1 aliphatic rings. The number of benzene rings is 2. The number of carbonyl (C=O) groups is 2. The van der Waals surface area contributed by atoms with E-state index in [1.807, 2.05) is 32.9 Å². The normalized spacial score (nSPS) is 17.1. The van der Waals surface area contributed by atoms with Crippen molar-refractivity contribution in [3.05, 3.63) is 70.3 Å². The molecular formula is C20H21NO3. The van der Waals surface area contributed by atoms with Gasteiger partial charge in [0.15, 0.2) is 0 Å². The Morgan fingerprint density at radius 1 is 1.21 bits per heavy atom. The maximum Gasteiger partial charge on any atom is 0.339 e. The van der Waals surface area contributed by atoms with Gasteiger partial charge in [0, 0.05) is 5.56 Å². The Hall–Kier alpha value is -2.62. The van der Waals surface area contributed by atoms with Gasteiger partial charge in [-0.3, -0.25) is 4.79 Å². The lowest BCUT2D eigenvalue weighted by molar-refractivity contribution is -0.123. The zero-order chi connectivity index (χ0) is 17.3. The Morgan fingerprint density at radius 2 is 1.96 bits per heavy atom. The third kappa shape index (κ3) is 3.18. The minimum Gasteiger partial charge on any atom is -0.453 e. The average molecular weight is 323 g/mol. The van der Waals surface area contributed by atoms with E-state index in [2.05, 4.69) is 23.5 Å². The number of nitrogens with one attached hydrogen (secondary N) is 1. The molecule has 24 heavy (non-hydrogen) atoms. The predicted molar refractivity (Wildman–Crippen MR) is 91.7 cm³/mol. The third-order valence-corrected chi connectivity index (χ3v) is 4.43. The van der Waals surface area contributed by atoms with Crippen LogP contribution in [-0.4, -0.2) is 11.9 Å². The standard InChI is InChI=1S/C20H21NO3/c1-12-8-9-13(2)17(10-12)14(3)21-19(22)11-18-15-6-4-5-7-16(15)20(23)24-18/h4-10,14,18H,11H2,1-3H3,(H,21,22)/t14-,18+/m0/s1. The Bertz CT molecular complexity index is 797. The van der Waals surface area contributed by atoms with Crippen molar-refractivity contribution in [2.45, 2.75) is 39.3 Å². The molecule has 1 aliphatic heterocycles. The highest BCUT2D eigenvalue weighted by atomic mass is 16.5. The maximum atomic E-state index is 12.4. The summed E-state index contributed by atoms with van der Waals surface area (Å²) in [6, 6.07) is 13.3. The number of carbonyl (C=O) groups excluding carboxylic acids is 2. The van der Waals surface area contributed by atoms with Crippen molar-refractivity contribution in [2.75, 3.05) is 0 Å². The number of amides is 1. The van der Waals surface area contributed by atoms with E-state index in [1.54, 1.807) is 12.1 Å². The Kier molecular flexibility index (Phi) is 4.38. The van der Waals surface area contributed by atoms with Gasteiger partial charge >= 0.3 is 5.97 Å². The first-order valence-electron chi connectivity index (χ1n) is 8.12. The van der Waals surface area contributed by atoms with Crippen LogP contribution in [0, 0.1) is 13.8 Å². The lowest BCUT2D eigenvalue weighted by Crippen LogP contribution is -2.28. The summed E-state index contributed by atoms with van der Waals surface area (Å²) < 4.78 is 5.33. The summed E-state index contributed by atoms with van der Waals surface area (Å²) in [5, 5.41) is 3.01. The van der Waals surface area contributed by atoms with E-state index in [4.69, 9.17) is 4.74 Å². The van der Waals surface area contributed by atoms with Crippen molar-refractivity contribution < 1.29 is 14.3 Å². The molecule has 3 rings (SSSR count). The number of fused-ring (bicyclic) bond motifs is 1. The van der Waals surface area contributed by atoms with Gasteiger partial charge in [0.2, 0.25) is 5.91 Å². The molecule has 0 aliphatic carbocycles. The number of hydrogen-bond acceptors (Lipinski definition) is 3. The number of esters is 1. The number of cyclic esters (lactones) is 1. The van der Waals surface area contributed by atoms with E-state index in [1.165, 1.54) is 0 Å². The van der Waals surface area contributed by atoms with Crippen LogP contribution in [-0.2, 0) is 9.53 Å². The summed E-state index contributed by atoms with van der Waals surface area (Å²) in [6.45, 7) is 6.03. The fraction of sp³-hybridized carbons (Fsp3) is 0.300. The van der Waals surface area contributed by atoms with Gasteiger partial charge < -0.3 is 10.1 Å². The molecule has 2 aromatic rings. The van der Waals surface area contributed by atoms with Crippen LogP contribution in [0.15, 0.2) is 42.5 Å². The molecule has 0 saturated carbocycles. The molecule has 1 N–H and O–H groups in total. The number of rotatable bonds is 4. The Balaban J connectivity index is 1.68. The largest absolute Gasteiger partial charge is 0.453 e. The second-order valence-corrected chi connectivity index (χ2v) is 6.33. The second kappa shape index (κ2) is 6.48. The Morgan fingerprint density at radius 3 is 2.75 bits per heavy atom. The van der Waals surface area contributed by atoms with Crippen LogP contribution in [0.4, 0.5) is 0 Å². The van der Waals surface area contributed by atoms with Crippen molar-refractivity contribution in [3.63, 3.8) is 0 Å². The molecule has 0 unspecified atom stereocenters. The van der Waals surface area contributed by atoms with Crippen LogP contribution in [0.2, 0.25) is 0 Å². The van der Waals surface area contributed by atoms with Crippen LogP contribution < -0.4 is 5.32 Å². The minimum absolute atomic E-state index is 0.0928. The zero-order valence-corrected chi connectivity index (χ0v) is 14.1. The first-order chi connectivity index (χ1) is 11.5. The molecule has 4 heteroatoms. The Labute approximate surface area is 141 Å². The third-order valence-electron chi connectivity index (χ3n) is 4.43. The van der Waals surface area contributed by atoms with Crippen LogP contribution in [0.5, 0.6) is 0 Å². The highest BCUT2D eigenvalue weighted by molar-refractivity contribution is 5.94. The topological polar surface area (TPSA) is 55.4 Å². The first kappa shape index (κ1) is 16.2. The molecule has 2 aromatic carbocycles. The van der Waals surface area contributed by atoms with Gasteiger partial charge in [-0.2, -0.15) is 0 Å². The van der Waals surface area contributed by atoms with Crippen molar-refractivity contribution in [2.24, 2.45) is 0 Å². The minimum atomic E-state index is -0.500. The first-order valence-corrected chi connectivity index (χ1v) is 8.12. The highest BCUT2D eigenvalue weighted by Gasteiger charge is 2.32. The summed E-state index contributed by atoms with van der Waals surface area (Å²) in [6.07, 6.45) is -0.364. The van der Waals surface area contributed by atoms with Crippen molar-refractivity contribution >= 4 is 11.9 Å². The van der Waals surface area contributed by atoms with E-state index < -0.39 is 6.10 Å². The lowest BCUT2D eigenvalue weighted by Gasteiger charge is -2.18. The predicted octanol–water partition coefficient (Wildman–Crippen LogP) is 3.78. The van der Waals surface area contributed by atoms with E-state index in [0.717, 1.165) is 22.3 Å². The molecule has 4 nitrogen and oxygen atoms in total. The van der Waals surface area contributed by atoms with Gasteiger partial charge in [0.25, 0.3) is 0 Å². The average Bonchev–Trinajstić information content (AvgIpc) is 2.86. The maximum absolute atomic E-state index is 12.4. The SMILES string of the molecule is Cc1ccc(C)c([C@H](C)NC(=O)C[C@H]2OC(=O)c3ccccc32)c1. The number of hydrogen-bond donors (Lipinski definition) is 1. The molecule has 0 saturated heterocycles. The molecule has 0 radical (unpaired) electrons. The fourth-order valence-corrected chi connectivity index (χ4v) is 3.14. The summed E-state index contributed by atoms with van der Waals surface area (Å²) in [5.41, 5.74) is 4.75. The van der Waals surface area contributed by atoms with Crippen molar-refractivity contribution in [1.82, 2.24) is 5.32 Å². The van der Waals surface area contributed by atoms with E-state index in [-0.39, 0.29) is 24.3 Å². The fourth-order valence-electron chi connectivity index (χ4n) is 3.14. The van der Waals surface area contributed by atoms with Crippen LogP contribution in [0.1, 0.15) is 58.1 Å². The molecule has 2 atom stereocenters. The lowest BCUT2D eigenvalue weighted by atomic mass is 9.99. The smallest absolute Gasteiger partial charge is 0.339 e. The zero-order valence-electron chi connectivity index (χ0n) is 14.1. The summed E-state index contributed by atoms with van der Waals surface area (Å²) in [4.78, 5) is 24.2. The molecule has 0 aromatic heterocycles. The van der Waals surface area contributed by atoms with Gasteiger partial charge in [-0.05, 0) is 38.0 Å². The van der Waals surface area contributed by atoms with Gasteiger partial charge in [-0.1, -0.05) is 42.0 Å². The van der Waals surface area contributed by atoms with Crippen molar-refractivity contribution in [3.8, 4) is 0 Å². The highest BCUT2D eigenvalue weighted by Crippen LogP contribution is 2.32. The van der Waals surface area contributed by atoms with Crippen molar-refractivity contribution in [1.29, 1.82) is 0 Å². The molecule has 1 heterocycles. The molecule has 0 bridgehead atoms. The van der Waals surface area contributed by atoms with Gasteiger partial charge in [0.1, 0.15) is 6.10 Å². The summed E-state index contributed by atoms with van der Waals surface area (Å²) in [5.74, 6) is -0.483. The quantitative estimate of drug-likeness (QED) is 0.871. The van der Waals surface area contributed by atoms with Gasteiger partial charge in [0.05, 0.1) is 18.0 Å². The van der Waals surface area contributed by atoms with Crippen LogP contribution >= 0.6 is 0 Å². The van der Waals surface area contributed by atoms with Crippen LogP contribution in [0.3, 0.4) is 0 Å². The molecule has 0 spiro atoms. The van der Waals surface area contributed by atoms with Gasteiger partial charge in [-0.25, -0.2) is 4.79 Å². The molecular weight excluding hydrogens is 302 g/mol. The second-order valence-electron chi connectivity index (χ2n) is 6.33. The van der Waals surface area contributed by atoms with Crippen LogP contribution in [0.25, 0.3) is 0 Å². The van der Waals surface area contributed by atoms with Gasteiger partial charge in [-0.15, -0.1) is 0 Å².